The first-order chi connectivity index (χ1) is 29.8. The third-order valence-corrected chi connectivity index (χ3v) is 34.9. The number of rotatable bonds is 20. The van der Waals surface area contributed by atoms with E-state index >= 15 is 0 Å². The average Bonchev–Trinajstić information content (AvgIpc) is 3.35. The van der Waals surface area contributed by atoms with E-state index in [1.807, 2.05) is 0 Å². The summed E-state index contributed by atoms with van der Waals surface area (Å²) in [6.07, 6.45) is 18.9. The van der Waals surface area contributed by atoms with Crippen LogP contribution in [-0.4, -0.2) is 33.3 Å². The van der Waals surface area contributed by atoms with Gasteiger partial charge in [0.2, 0.25) is 0 Å². The highest BCUT2D eigenvalue weighted by Crippen LogP contribution is 2.49. The van der Waals surface area contributed by atoms with E-state index in [9.17, 15) is 0 Å². The summed E-state index contributed by atoms with van der Waals surface area (Å²) in [7, 11) is -8.49. The Balaban J connectivity index is 1.67. The fourth-order valence-corrected chi connectivity index (χ4v) is 22.3. The van der Waals surface area contributed by atoms with Crippen molar-refractivity contribution in [2.24, 2.45) is 0 Å². The molecule has 9 aliphatic rings. The van der Waals surface area contributed by atoms with E-state index in [4.69, 9.17) is 17.7 Å². The molecule has 0 saturated heterocycles. The molecular formula is C54H80O4Si4. The Morgan fingerprint density at radius 3 is 0.790 bits per heavy atom. The van der Waals surface area contributed by atoms with E-state index in [0.29, 0.717) is 0 Å². The standard InChI is InChI=1S/C54H80O4Si4/c1-13-59(14-2,15-3)55-51-36-38-52(39-37-51,56-60(16-4,17-5)18-6)48-32-34-49(35-33-48)53(57-61(19-7,20-8)21-9)40-42-54(43-41-53,58-62(22-10,23-11)24-12)50-27-25-26-46(44-50)45-28-30-47(51)31-29-45/h25-44H,13-24H2,1-12H3. The summed E-state index contributed by atoms with van der Waals surface area (Å²) in [5, 5.41) is 0. The van der Waals surface area contributed by atoms with Gasteiger partial charge in [0, 0.05) is 0 Å². The minimum atomic E-state index is -2.14. The molecule has 336 valence electrons. The molecule has 0 atom stereocenters. The lowest BCUT2D eigenvalue weighted by atomic mass is 9.79. The molecule has 0 saturated carbocycles. The first kappa shape index (κ1) is 48.8. The molecule has 0 aliphatic heterocycles. The van der Waals surface area contributed by atoms with Gasteiger partial charge in [0.05, 0.1) is 0 Å². The maximum atomic E-state index is 7.73. The highest BCUT2D eigenvalue weighted by Gasteiger charge is 2.49. The SMILES string of the molecule is CC[Si](CC)(CC)OC12C=CC(O[Si](CC)(CC)CC)(C=C1)c1ccc(cc1)C1(O[Si](CC)(CC)CC)C=CC(O[Si](CC)(CC)CC)(C=C1)c1cccc(c1)-c1ccc2cc1. The molecule has 10 bridgehead atoms. The predicted octanol–water partition coefficient (Wildman–Crippen LogP) is 16.2. The van der Waals surface area contributed by atoms with Crippen molar-refractivity contribution >= 4 is 33.3 Å². The smallest absolute Gasteiger partial charge is 0.194 e. The van der Waals surface area contributed by atoms with Crippen LogP contribution >= 0.6 is 0 Å². The molecule has 62 heavy (non-hydrogen) atoms. The summed E-state index contributed by atoms with van der Waals surface area (Å²) in [6, 6.07) is 40.4. The lowest BCUT2D eigenvalue weighted by Gasteiger charge is -2.46. The second-order valence-electron chi connectivity index (χ2n) is 18.6. The Hall–Kier alpha value is -2.67. The van der Waals surface area contributed by atoms with E-state index < -0.39 is 55.7 Å². The van der Waals surface area contributed by atoms with Crippen molar-refractivity contribution in [2.75, 3.05) is 0 Å². The van der Waals surface area contributed by atoms with Crippen LogP contribution in [0.25, 0.3) is 11.1 Å². The van der Waals surface area contributed by atoms with Gasteiger partial charge in [-0.3, -0.25) is 0 Å². The summed E-state index contributed by atoms with van der Waals surface area (Å²) in [5.74, 6) is 0. The van der Waals surface area contributed by atoms with Crippen LogP contribution < -0.4 is 0 Å². The maximum absolute atomic E-state index is 7.73. The highest BCUT2D eigenvalue weighted by molar-refractivity contribution is 6.75. The minimum absolute atomic E-state index is 0.704. The van der Waals surface area contributed by atoms with Gasteiger partial charge in [0.15, 0.2) is 33.3 Å². The van der Waals surface area contributed by atoms with Gasteiger partial charge in [-0.2, -0.15) is 0 Å². The Kier molecular flexibility index (Phi) is 15.3. The van der Waals surface area contributed by atoms with Crippen LogP contribution in [0, 0.1) is 0 Å². The molecule has 0 fully saturated rings. The molecule has 0 unspecified atom stereocenters. The molecule has 0 aromatic heterocycles. The zero-order chi connectivity index (χ0) is 44.9. The van der Waals surface area contributed by atoms with E-state index in [-0.39, 0.29) is 0 Å². The molecule has 9 aliphatic carbocycles. The van der Waals surface area contributed by atoms with E-state index in [2.05, 4.69) is 204 Å². The molecule has 4 nitrogen and oxygen atoms in total. The van der Waals surface area contributed by atoms with Crippen LogP contribution in [0.5, 0.6) is 0 Å². The fourth-order valence-electron chi connectivity index (χ4n) is 10.6. The first-order valence-corrected chi connectivity index (χ1v) is 34.8. The van der Waals surface area contributed by atoms with Gasteiger partial charge in [-0.1, -0.05) is 150 Å². The quantitative estimate of drug-likeness (QED) is 0.0836. The highest BCUT2D eigenvalue weighted by atomic mass is 28.4. The van der Waals surface area contributed by atoms with Gasteiger partial charge in [-0.15, -0.1) is 0 Å². The van der Waals surface area contributed by atoms with Gasteiger partial charge in [0.1, 0.15) is 22.4 Å². The summed E-state index contributed by atoms with van der Waals surface area (Å²) in [4.78, 5) is 0. The summed E-state index contributed by atoms with van der Waals surface area (Å²) < 4.78 is 30.8. The zero-order valence-electron chi connectivity index (χ0n) is 40.7. The van der Waals surface area contributed by atoms with Gasteiger partial charge < -0.3 is 17.7 Å². The second-order valence-corrected chi connectivity index (χ2v) is 37.4. The summed E-state index contributed by atoms with van der Waals surface area (Å²) >= 11 is 0. The molecule has 0 amide bonds. The molecule has 3 aromatic carbocycles. The van der Waals surface area contributed by atoms with Crippen molar-refractivity contribution in [1.29, 1.82) is 0 Å². The molecule has 12 rings (SSSR count). The van der Waals surface area contributed by atoms with Gasteiger partial charge in [0.25, 0.3) is 0 Å². The van der Waals surface area contributed by atoms with Gasteiger partial charge in [-0.05, 0) is 161 Å². The van der Waals surface area contributed by atoms with Crippen LogP contribution in [0.1, 0.15) is 105 Å². The van der Waals surface area contributed by atoms with E-state index in [0.717, 1.165) is 94.8 Å². The Morgan fingerprint density at radius 2 is 0.532 bits per heavy atom. The molecular weight excluding hydrogens is 825 g/mol. The van der Waals surface area contributed by atoms with Crippen molar-refractivity contribution < 1.29 is 17.7 Å². The fraction of sp³-hybridized carbons (Fsp3) is 0.519. The molecule has 0 radical (unpaired) electrons. The lowest BCUT2D eigenvalue weighted by Crippen LogP contribution is -2.48. The molecule has 0 spiro atoms. The second kappa shape index (κ2) is 19.4. The van der Waals surface area contributed by atoms with Gasteiger partial charge in [-0.25, -0.2) is 0 Å². The largest absolute Gasteiger partial charge is 0.401 e. The van der Waals surface area contributed by atoms with Gasteiger partial charge >= 0.3 is 0 Å². The number of hydrogen-bond donors (Lipinski definition) is 0. The lowest BCUT2D eigenvalue weighted by molar-refractivity contribution is 0.119. The predicted molar refractivity (Wildman–Crippen MR) is 275 cm³/mol. The third-order valence-electron chi connectivity index (χ3n) is 16.4. The number of hydrogen-bond acceptors (Lipinski definition) is 4. The van der Waals surface area contributed by atoms with Crippen molar-refractivity contribution in [3.8, 4) is 11.1 Å². The third kappa shape index (κ3) is 8.85. The monoisotopic (exact) mass is 905 g/mol. The normalized spacial score (nSPS) is 24.5. The summed E-state index contributed by atoms with van der Waals surface area (Å²) in [5.41, 5.74) is 4.10. The molecule has 0 heterocycles. The van der Waals surface area contributed by atoms with Crippen LogP contribution in [0.2, 0.25) is 72.5 Å². The van der Waals surface area contributed by atoms with Crippen LogP contribution in [0.15, 0.2) is 121 Å². The zero-order valence-corrected chi connectivity index (χ0v) is 44.7. The van der Waals surface area contributed by atoms with E-state index in [1.54, 1.807) is 0 Å². The minimum Gasteiger partial charge on any atom is -0.401 e. The Bertz CT molecular complexity index is 2010. The van der Waals surface area contributed by atoms with Crippen LogP contribution in [-0.2, 0) is 40.1 Å². The van der Waals surface area contributed by atoms with Crippen LogP contribution in [0.3, 0.4) is 0 Å². The average molecular weight is 906 g/mol. The van der Waals surface area contributed by atoms with Crippen molar-refractivity contribution in [2.45, 2.75) is 178 Å². The molecule has 0 N–H and O–H groups in total. The Morgan fingerprint density at radius 1 is 0.290 bits per heavy atom. The maximum Gasteiger partial charge on any atom is 0.194 e. The summed E-state index contributed by atoms with van der Waals surface area (Å²) in [6.45, 7) is 28.0. The van der Waals surface area contributed by atoms with Crippen molar-refractivity contribution in [3.05, 3.63) is 144 Å². The first-order valence-electron chi connectivity index (χ1n) is 24.7. The van der Waals surface area contributed by atoms with Crippen molar-refractivity contribution in [3.63, 3.8) is 0 Å². The topological polar surface area (TPSA) is 36.9 Å². The van der Waals surface area contributed by atoms with E-state index in [1.165, 1.54) is 11.1 Å². The number of benzene rings is 3. The molecule has 8 heteroatoms. The Labute approximate surface area is 381 Å². The van der Waals surface area contributed by atoms with Crippen molar-refractivity contribution in [1.82, 2.24) is 0 Å². The van der Waals surface area contributed by atoms with Crippen LogP contribution in [0.4, 0.5) is 0 Å². The molecule has 3 aromatic rings.